The van der Waals surface area contributed by atoms with Gasteiger partial charge < -0.3 is 15.3 Å². The topological polar surface area (TPSA) is 69.6 Å². The highest BCUT2D eigenvalue weighted by Gasteiger charge is 2.32. The summed E-state index contributed by atoms with van der Waals surface area (Å²) in [5.74, 6) is -1.54. The maximum Gasteiger partial charge on any atom is 0.321 e. The third-order valence-corrected chi connectivity index (χ3v) is 4.22. The van der Waals surface area contributed by atoms with Gasteiger partial charge >= 0.3 is 12.0 Å². The molecule has 1 heterocycles. The van der Waals surface area contributed by atoms with Gasteiger partial charge in [0.2, 0.25) is 0 Å². The molecule has 2 amide bonds. The van der Waals surface area contributed by atoms with Crippen molar-refractivity contribution in [1.82, 2.24) is 4.90 Å². The number of piperidine rings is 1. The first kappa shape index (κ1) is 17.5. The molecule has 0 radical (unpaired) electrons. The molecule has 2 N–H and O–H groups in total. The summed E-state index contributed by atoms with van der Waals surface area (Å²) < 4.78 is 25.6. The third-order valence-electron chi connectivity index (χ3n) is 3.80. The monoisotopic (exact) mass is 346 g/mol. The SMILES string of the molecule is CC1CC(C(=O)O)CN(C(=O)Nc2cccc(C(F)F)c2Cl)C1. The first-order valence-electron chi connectivity index (χ1n) is 7.15. The molecule has 0 aromatic heterocycles. The lowest BCUT2D eigenvalue weighted by molar-refractivity contribution is -0.143. The number of rotatable bonds is 3. The summed E-state index contributed by atoms with van der Waals surface area (Å²) in [6, 6.07) is 3.44. The second kappa shape index (κ2) is 7.12. The van der Waals surface area contributed by atoms with Crippen LogP contribution >= 0.6 is 11.6 Å². The van der Waals surface area contributed by atoms with Crippen LogP contribution in [0.3, 0.4) is 0 Å². The molecule has 1 aromatic rings. The van der Waals surface area contributed by atoms with Crippen molar-refractivity contribution in [1.29, 1.82) is 0 Å². The number of aliphatic carboxylic acids is 1. The van der Waals surface area contributed by atoms with Gasteiger partial charge in [0, 0.05) is 18.7 Å². The van der Waals surface area contributed by atoms with Gasteiger partial charge in [0.05, 0.1) is 16.6 Å². The maximum atomic E-state index is 12.8. The summed E-state index contributed by atoms with van der Waals surface area (Å²) in [5, 5.41) is 11.4. The zero-order valence-corrected chi connectivity index (χ0v) is 13.2. The zero-order valence-electron chi connectivity index (χ0n) is 12.4. The van der Waals surface area contributed by atoms with Crippen LogP contribution in [0.25, 0.3) is 0 Å². The fourth-order valence-electron chi connectivity index (χ4n) is 2.71. The molecule has 5 nitrogen and oxygen atoms in total. The minimum Gasteiger partial charge on any atom is -0.481 e. The van der Waals surface area contributed by atoms with Crippen LogP contribution in [0.4, 0.5) is 19.3 Å². The van der Waals surface area contributed by atoms with Gasteiger partial charge in [-0.3, -0.25) is 4.79 Å². The molecule has 2 rings (SSSR count). The molecular formula is C15H17ClF2N2O3. The second-order valence-corrected chi connectivity index (χ2v) is 6.10. The fourth-order valence-corrected chi connectivity index (χ4v) is 2.96. The molecule has 0 aliphatic carbocycles. The van der Waals surface area contributed by atoms with Crippen molar-refractivity contribution in [2.75, 3.05) is 18.4 Å². The molecule has 1 aliphatic heterocycles. The predicted octanol–water partition coefficient (Wildman–Crippen LogP) is 3.85. The Morgan fingerprint density at radius 1 is 1.39 bits per heavy atom. The van der Waals surface area contributed by atoms with E-state index in [1.54, 1.807) is 0 Å². The van der Waals surface area contributed by atoms with Gasteiger partial charge in [0.1, 0.15) is 0 Å². The van der Waals surface area contributed by atoms with E-state index in [-0.39, 0.29) is 28.7 Å². The number of amides is 2. The molecule has 1 aliphatic rings. The van der Waals surface area contributed by atoms with Crippen LogP contribution in [0, 0.1) is 11.8 Å². The average molecular weight is 347 g/mol. The number of hydrogen-bond acceptors (Lipinski definition) is 2. The molecule has 2 unspecified atom stereocenters. The number of benzene rings is 1. The number of alkyl halides is 2. The number of halogens is 3. The Morgan fingerprint density at radius 3 is 2.70 bits per heavy atom. The maximum absolute atomic E-state index is 12.8. The van der Waals surface area contributed by atoms with Crippen LogP contribution in [0.5, 0.6) is 0 Å². The van der Waals surface area contributed by atoms with Crippen LogP contribution in [-0.2, 0) is 4.79 Å². The molecule has 2 atom stereocenters. The van der Waals surface area contributed by atoms with E-state index in [2.05, 4.69) is 5.32 Å². The predicted molar refractivity (Wildman–Crippen MR) is 81.9 cm³/mol. The lowest BCUT2D eigenvalue weighted by Gasteiger charge is -2.34. The summed E-state index contributed by atoms with van der Waals surface area (Å²) in [5.41, 5.74) is -0.278. The first-order valence-corrected chi connectivity index (χ1v) is 7.52. The zero-order chi connectivity index (χ0) is 17.1. The van der Waals surface area contributed by atoms with Crippen molar-refractivity contribution in [3.05, 3.63) is 28.8 Å². The van der Waals surface area contributed by atoms with Crippen LogP contribution in [-0.4, -0.2) is 35.1 Å². The molecule has 1 fully saturated rings. The number of nitrogens with one attached hydrogen (secondary N) is 1. The lowest BCUT2D eigenvalue weighted by atomic mass is 9.91. The van der Waals surface area contributed by atoms with E-state index in [9.17, 15) is 18.4 Å². The summed E-state index contributed by atoms with van der Waals surface area (Å²) in [4.78, 5) is 24.8. The molecule has 0 saturated carbocycles. The van der Waals surface area contributed by atoms with E-state index in [1.807, 2.05) is 6.92 Å². The Kier molecular flexibility index (Phi) is 5.41. The van der Waals surface area contributed by atoms with Crippen LogP contribution in [0.1, 0.15) is 25.3 Å². The first-order chi connectivity index (χ1) is 10.8. The standard InChI is InChI=1S/C15H17ClF2N2O3/c1-8-5-9(14(21)22)7-20(6-8)15(23)19-11-4-2-3-10(12(11)16)13(17)18/h2-4,8-9,13H,5-7H2,1H3,(H,19,23)(H,21,22). The Bertz CT molecular complexity index is 612. The number of nitrogens with zero attached hydrogens (tertiary/aromatic N) is 1. The lowest BCUT2D eigenvalue weighted by Crippen LogP contribution is -2.47. The molecule has 126 valence electrons. The highest BCUT2D eigenvalue weighted by Crippen LogP contribution is 2.33. The summed E-state index contributed by atoms with van der Waals surface area (Å²) in [7, 11) is 0. The van der Waals surface area contributed by atoms with Gasteiger partial charge in [0.25, 0.3) is 6.43 Å². The number of anilines is 1. The third kappa shape index (κ3) is 4.10. The molecular weight excluding hydrogens is 330 g/mol. The highest BCUT2D eigenvalue weighted by atomic mass is 35.5. The van der Waals surface area contributed by atoms with E-state index < -0.39 is 24.3 Å². The summed E-state index contributed by atoms with van der Waals surface area (Å²) in [6.45, 7) is 2.35. The second-order valence-electron chi connectivity index (χ2n) is 5.72. The van der Waals surface area contributed by atoms with Crippen molar-refractivity contribution in [2.24, 2.45) is 11.8 Å². The molecule has 23 heavy (non-hydrogen) atoms. The van der Waals surface area contributed by atoms with Crippen molar-refractivity contribution in [2.45, 2.75) is 19.8 Å². The highest BCUT2D eigenvalue weighted by molar-refractivity contribution is 6.34. The minimum atomic E-state index is -2.74. The van der Waals surface area contributed by atoms with Crippen molar-refractivity contribution in [3.63, 3.8) is 0 Å². The Morgan fingerprint density at radius 2 is 2.09 bits per heavy atom. The van der Waals surface area contributed by atoms with Gasteiger partial charge in [-0.1, -0.05) is 30.7 Å². The minimum absolute atomic E-state index is 0.0403. The van der Waals surface area contributed by atoms with Crippen LogP contribution < -0.4 is 5.32 Å². The van der Waals surface area contributed by atoms with Gasteiger partial charge in [-0.05, 0) is 18.4 Å². The van der Waals surface area contributed by atoms with Crippen LogP contribution in [0.2, 0.25) is 5.02 Å². The van der Waals surface area contributed by atoms with Crippen LogP contribution in [0.15, 0.2) is 18.2 Å². The average Bonchev–Trinajstić information content (AvgIpc) is 2.48. The van der Waals surface area contributed by atoms with E-state index >= 15 is 0 Å². The number of hydrogen-bond donors (Lipinski definition) is 2. The Balaban J connectivity index is 2.13. The van der Waals surface area contributed by atoms with E-state index in [4.69, 9.17) is 16.7 Å². The Labute approximate surface area is 137 Å². The largest absolute Gasteiger partial charge is 0.481 e. The van der Waals surface area contributed by atoms with E-state index in [0.717, 1.165) is 0 Å². The molecule has 0 bridgehead atoms. The summed E-state index contributed by atoms with van der Waals surface area (Å²) in [6.07, 6.45) is -2.24. The van der Waals surface area contributed by atoms with Gasteiger partial charge in [-0.2, -0.15) is 0 Å². The van der Waals surface area contributed by atoms with Crippen molar-refractivity contribution >= 4 is 29.3 Å². The van der Waals surface area contributed by atoms with E-state index in [0.29, 0.717) is 13.0 Å². The fraction of sp³-hybridized carbons (Fsp3) is 0.467. The van der Waals surface area contributed by atoms with Crippen molar-refractivity contribution in [3.8, 4) is 0 Å². The normalized spacial score (nSPS) is 21.3. The van der Waals surface area contributed by atoms with Gasteiger partial charge in [-0.15, -0.1) is 0 Å². The smallest absolute Gasteiger partial charge is 0.321 e. The number of urea groups is 1. The van der Waals surface area contributed by atoms with Gasteiger partial charge in [-0.25, -0.2) is 13.6 Å². The molecule has 8 heteroatoms. The Hall–Kier alpha value is -1.89. The molecule has 0 spiro atoms. The number of carboxylic acids is 1. The molecule has 1 saturated heterocycles. The molecule has 1 aromatic carbocycles. The number of carbonyl (C=O) groups is 2. The van der Waals surface area contributed by atoms with E-state index in [1.165, 1.54) is 23.1 Å². The van der Waals surface area contributed by atoms with Gasteiger partial charge in [0.15, 0.2) is 0 Å². The number of likely N-dealkylation sites (tertiary alicyclic amines) is 1. The quantitative estimate of drug-likeness (QED) is 0.873. The number of carbonyl (C=O) groups excluding carboxylic acids is 1. The van der Waals surface area contributed by atoms with Crippen molar-refractivity contribution < 1.29 is 23.5 Å². The summed E-state index contributed by atoms with van der Waals surface area (Å²) >= 11 is 5.89. The number of carboxylic acid groups (broad SMARTS) is 1.